The Hall–Kier alpha value is -2.67. The van der Waals surface area contributed by atoms with Crippen LogP contribution in [0.25, 0.3) is 0 Å². The van der Waals surface area contributed by atoms with Crippen LogP contribution in [0.1, 0.15) is 15.9 Å². The number of amides is 1. The van der Waals surface area contributed by atoms with Crippen molar-refractivity contribution in [2.24, 2.45) is 0 Å². The maximum absolute atomic E-state index is 12.3. The molecule has 7 heteroatoms. The summed E-state index contributed by atoms with van der Waals surface area (Å²) in [6, 6.07) is 5.70. The highest BCUT2D eigenvalue weighted by Gasteiger charge is 2.27. The molecule has 2 aromatic heterocycles. The summed E-state index contributed by atoms with van der Waals surface area (Å²) in [5.74, 6) is 0.619. The number of hydrogen-bond donors (Lipinski definition) is 2. The van der Waals surface area contributed by atoms with Crippen LogP contribution in [0.4, 0.5) is 11.5 Å². The number of anilines is 2. The molecule has 0 unspecified atom stereocenters. The van der Waals surface area contributed by atoms with E-state index in [1.807, 2.05) is 18.3 Å². The zero-order chi connectivity index (χ0) is 15.6. The van der Waals surface area contributed by atoms with Crippen molar-refractivity contribution in [3.63, 3.8) is 0 Å². The number of nitrogens with one attached hydrogen (secondary N) is 2. The Morgan fingerprint density at radius 2 is 2.00 bits per heavy atom. The van der Waals surface area contributed by atoms with Gasteiger partial charge in [0.15, 0.2) is 0 Å². The zero-order valence-electron chi connectivity index (χ0n) is 12.7. The second-order valence-electron chi connectivity index (χ2n) is 5.67. The largest absolute Gasteiger partial charge is 0.368 e. The molecule has 0 spiro atoms. The zero-order valence-corrected chi connectivity index (χ0v) is 12.7. The van der Waals surface area contributed by atoms with Gasteiger partial charge in [-0.25, -0.2) is 9.99 Å². The van der Waals surface area contributed by atoms with Gasteiger partial charge in [-0.3, -0.25) is 15.2 Å². The van der Waals surface area contributed by atoms with E-state index in [1.165, 1.54) is 0 Å². The minimum atomic E-state index is -0.0459. The number of nitrogens with zero attached hydrogens (tertiary/aromatic N) is 4. The molecule has 23 heavy (non-hydrogen) atoms. The standard InChI is InChI=1S/C16H18N6O/c23-16-14-3-4-18-9-12(14)11-22(16)20-15-2-1-13(10-19-15)21-7-5-17-6-8-21/h1-4,9-10,17H,5-8,11H2,(H,19,20). The molecular weight excluding hydrogens is 292 g/mol. The number of pyridine rings is 2. The van der Waals surface area contributed by atoms with Crippen molar-refractivity contribution in [1.29, 1.82) is 0 Å². The van der Waals surface area contributed by atoms with Gasteiger partial charge in [0.25, 0.3) is 5.91 Å². The lowest BCUT2D eigenvalue weighted by atomic mass is 10.2. The molecule has 7 nitrogen and oxygen atoms in total. The van der Waals surface area contributed by atoms with Crippen LogP contribution in [-0.4, -0.2) is 47.1 Å². The number of hydrogen-bond acceptors (Lipinski definition) is 6. The molecule has 118 valence electrons. The SMILES string of the molecule is O=C1c2ccncc2CN1Nc1ccc(N2CCNCC2)cn1. The van der Waals surface area contributed by atoms with Crippen LogP contribution in [0.2, 0.25) is 0 Å². The van der Waals surface area contributed by atoms with Gasteiger partial charge < -0.3 is 10.2 Å². The molecule has 2 aliphatic rings. The van der Waals surface area contributed by atoms with Gasteiger partial charge in [0.05, 0.1) is 18.4 Å². The molecule has 0 saturated carbocycles. The number of aromatic nitrogens is 2. The summed E-state index contributed by atoms with van der Waals surface area (Å²) in [4.78, 5) is 23.1. The second-order valence-corrected chi connectivity index (χ2v) is 5.67. The van der Waals surface area contributed by atoms with Crippen molar-refractivity contribution in [3.05, 3.63) is 47.9 Å². The van der Waals surface area contributed by atoms with Crippen LogP contribution < -0.4 is 15.6 Å². The van der Waals surface area contributed by atoms with Gasteiger partial charge in [-0.05, 0) is 18.2 Å². The fraction of sp³-hybridized carbons (Fsp3) is 0.312. The van der Waals surface area contributed by atoms with E-state index in [0.29, 0.717) is 17.9 Å². The van der Waals surface area contributed by atoms with Crippen LogP contribution in [0.15, 0.2) is 36.8 Å². The van der Waals surface area contributed by atoms with Gasteiger partial charge in [0.1, 0.15) is 5.82 Å². The number of hydrazine groups is 1. The highest BCUT2D eigenvalue weighted by molar-refractivity contribution is 5.98. The van der Waals surface area contributed by atoms with Crippen LogP contribution in [0, 0.1) is 0 Å². The van der Waals surface area contributed by atoms with E-state index in [-0.39, 0.29) is 5.91 Å². The van der Waals surface area contributed by atoms with Gasteiger partial charge >= 0.3 is 0 Å². The monoisotopic (exact) mass is 310 g/mol. The van der Waals surface area contributed by atoms with E-state index in [1.54, 1.807) is 23.5 Å². The average molecular weight is 310 g/mol. The Morgan fingerprint density at radius 3 is 2.74 bits per heavy atom. The molecule has 4 heterocycles. The summed E-state index contributed by atoms with van der Waals surface area (Å²) in [6.45, 7) is 4.47. The normalized spacial score (nSPS) is 17.3. The molecule has 0 radical (unpaired) electrons. The first kappa shape index (κ1) is 14.0. The molecule has 1 amide bonds. The summed E-state index contributed by atoms with van der Waals surface area (Å²) >= 11 is 0. The summed E-state index contributed by atoms with van der Waals surface area (Å²) in [7, 11) is 0. The minimum absolute atomic E-state index is 0.0459. The third kappa shape index (κ3) is 2.70. The Labute approximate surface area is 134 Å². The molecule has 2 N–H and O–H groups in total. The smallest absolute Gasteiger partial charge is 0.273 e. The first-order valence-corrected chi connectivity index (χ1v) is 7.74. The molecule has 1 fully saturated rings. The lowest BCUT2D eigenvalue weighted by Gasteiger charge is -2.29. The number of piperazine rings is 1. The molecule has 1 saturated heterocycles. The Morgan fingerprint density at radius 1 is 1.13 bits per heavy atom. The topological polar surface area (TPSA) is 73.4 Å². The lowest BCUT2D eigenvalue weighted by Crippen LogP contribution is -2.43. The summed E-state index contributed by atoms with van der Waals surface area (Å²) < 4.78 is 0. The molecule has 0 bridgehead atoms. The van der Waals surface area contributed by atoms with Crippen molar-refractivity contribution in [2.75, 3.05) is 36.5 Å². The molecule has 2 aliphatic heterocycles. The predicted molar refractivity (Wildman–Crippen MR) is 87.1 cm³/mol. The Balaban J connectivity index is 1.45. The Kier molecular flexibility index (Phi) is 3.55. The minimum Gasteiger partial charge on any atom is -0.368 e. The second kappa shape index (κ2) is 5.85. The number of carbonyl (C=O) groups is 1. The van der Waals surface area contributed by atoms with Gasteiger partial charge in [-0.1, -0.05) is 0 Å². The lowest BCUT2D eigenvalue weighted by molar-refractivity contribution is 0.0814. The van der Waals surface area contributed by atoms with E-state index in [2.05, 4.69) is 25.6 Å². The van der Waals surface area contributed by atoms with Crippen molar-refractivity contribution >= 4 is 17.4 Å². The van der Waals surface area contributed by atoms with E-state index < -0.39 is 0 Å². The summed E-state index contributed by atoms with van der Waals surface area (Å²) in [5.41, 5.74) is 5.82. The third-order valence-corrected chi connectivity index (χ3v) is 4.19. The van der Waals surface area contributed by atoms with Crippen molar-refractivity contribution in [2.45, 2.75) is 6.54 Å². The molecule has 2 aromatic rings. The third-order valence-electron chi connectivity index (χ3n) is 4.19. The highest BCUT2D eigenvalue weighted by Crippen LogP contribution is 2.22. The van der Waals surface area contributed by atoms with Gasteiger partial charge in [-0.2, -0.15) is 0 Å². The predicted octanol–water partition coefficient (Wildman–Crippen LogP) is 0.869. The van der Waals surface area contributed by atoms with E-state index in [0.717, 1.165) is 37.4 Å². The van der Waals surface area contributed by atoms with Gasteiger partial charge in [-0.15, -0.1) is 0 Å². The molecule has 0 aliphatic carbocycles. The average Bonchev–Trinajstić information content (AvgIpc) is 2.93. The fourth-order valence-electron chi connectivity index (χ4n) is 2.94. The van der Waals surface area contributed by atoms with Crippen LogP contribution in [0.5, 0.6) is 0 Å². The Bertz CT molecular complexity index is 711. The van der Waals surface area contributed by atoms with Gasteiger partial charge in [0.2, 0.25) is 0 Å². The van der Waals surface area contributed by atoms with Crippen molar-refractivity contribution in [3.8, 4) is 0 Å². The number of rotatable bonds is 3. The first-order chi connectivity index (χ1) is 11.3. The summed E-state index contributed by atoms with van der Waals surface area (Å²) in [5, 5.41) is 4.90. The van der Waals surface area contributed by atoms with Crippen molar-refractivity contribution < 1.29 is 4.79 Å². The maximum Gasteiger partial charge on any atom is 0.273 e. The van der Waals surface area contributed by atoms with Crippen LogP contribution >= 0.6 is 0 Å². The van der Waals surface area contributed by atoms with Gasteiger partial charge in [0, 0.05) is 49.7 Å². The fourth-order valence-corrected chi connectivity index (χ4v) is 2.94. The van der Waals surface area contributed by atoms with Crippen LogP contribution in [0.3, 0.4) is 0 Å². The van der Waals surface area contributed by atoms with E-state index in [4.69, 9.17) is 0 Å². The highest BCUT2D eigenvalue weighted by atomic mass is 16.2. The quantitative estimate of drug-likeness (QED) is 0.876. The van der Waals surface area contributed by atoms with E-state index in [9.17, 15) is 4.79 Å². The van der Waals surface area contributed by atoms with Crippen LogP contribution in [-0.2, 0) is 6.54 Å². The van der Waals surface area contributed by atoms with Crippen molar-refractivity contribution in [1.82, 2.24) is 20.3 Å². The molecule has 4 rings (SSSR count). The maximum atomic E-state index is 12.3. The number of fused-ring (bicyclic) bond motifs is 1. The summed E-state index contributed by atoms with van der Waals surface area (Å²) in [6.07, 6.45) is 5.22. The molecular formula is C16H18N6O. The molecule has 0 atom stereocenters. The first-order valence-electron chi connectivity index (χ1n) is 7.74. The number of carbonyl (C=O) groups excluding carboxylic acids is 1. The van der Waals surface area contributed by atoms with E-state index >= 15 is 0 Å². The molecule has 0 aromatic carbocycles.